The van der Waals surface area contributed by atoms with E-state index in [-0.39, 0.29) is 12.3 Å². The van der Waals surface area contributed by atoms with Gasteiger partial charge in [-0.2, -0.15) is 0 Å². The summed E-state index contributed by atoms with van der Waals surface area (Å²) in [6.07, 6.45) is 0. The normalized spacial score (nSPS) is 10.1. The lowest BCUT2D eigenvalue weighted by Crippen LogP contribution is -2.02. The van der Waals surface area contributed by atoms with Gasteiger partial charge in [0.1, 0.15) is 18.2 Å². The van der Waals surface area contributed by atoms with Gasteiger partial charge in [-0.1, -0.05) is 17.7 Å². The number of nitro groups is 1. The quantitative estimate of drug-likeness (QED) is 0.676. The van der Waals surface area contributed by atoms with E-state index in [0.717, 1.165) is 0 Å². The largest absolute Gasteiger partial charge is 0.487 e. The van der Waals surface area contributed by atoms with E-state index in [1.165, 1.54) is 12.1 Å². The van der Waals surface area contributed by atoms with Crippen LogP contribution in [-0.2, 0) is 6.61 Å². The molecular formula is C13H12ClN3O3. The minimum absolute atomic E-state index is 0.0227. The minimum atomic E-state index is -0.473. The van der Waals surface area contributed by atoms with Crippen LogP contribution in [0.15, 0.2) is 36.4 Å². The first-order valence-corrected chi connectivity index (χ1v) is 6.18. The molecule has 0 radical (unpaired) electrons. The second kappa shape index (κ2) is 6.21. The fourth-order valence-electron chi connectivity index (χ4n) is 1.56. The van der Waals surface area contributed by atoms with Crippen molar-refractivity contribution in [1.82, 2.24) is 4.98 Å². The van der Waals surface area contributed by atoms with Crippen LogP contribution in [0.5, 0.6) is 5.75 Å². The molecule has 0 saturated heterocycles. The molecule has 0 amide bonds. The molecule has 0 aliphatic carbocycles. The van der Waals surface area contributed by atoms with E-state index in [0.29, 0.717) is 22.3 Å². The van der Waals surface area contributed by atoms with Gasteiger partial charge >= 0.3 is 0 Å². The van der Waals surface area contributed by atoms with Crippen LogP contribution in [0.4, 0.5) is 11.5 Å². The average molecular weight is 294 g/mol. The summed E-state index contributed by atoms with van der Waals surface area (Å²) in [4.78, 5) is 14.5. The molecule has 1 heterocycles. The van der Waals surface area contributed by atoms with Gasteiger partial charge in [0, 0.05) is 13.1 Å². The molecule has 0 unspecified atom stereocenters. The number of aromatic nitrogens is 1. The molecule has 6 nitrogen and oxygen atoms in total. The molecule has 0 spiro atoms. The first-order chi connectivity index (χ1) is 9.60. The Morgan fingerprint density at radius 2 is 2.20 bits per heavy atom. The summed E-state index contributed by atoms with van der Waals surface area (Å²) >= 11 is 6.02. The Labute approximate surface area is 120 Å². The number of benzene rings is 1. The summed E-state index contributed by atoms with van der Waals surface area (Å²) in [7, 11) is 1.75. The summed E-state index contributed by atoms with van der Waals surface area (Å²) in [5.41, 5.74) is 0.538. The Morgan fingerprint density at radius 3 is 2.90 bits per heavy atom. The average Bonchev–Trinajstić information content (AvgIpc) is 2.46. The van der Waals surface area contributed by atoms with Crippen molar-refractivity contribution in [3.05, 3.63) is 57.2 Å². The molecule has 104 valence electrons. The number of non-ortho nitro benzene ring substituents is 1. The van der Waals surface area contributed by atoms with Gasteiger partial charge in [0.25, 0.3) is 5.69 Å². The topological polar surface area (TPSA) is 77.3 Å². The van der Waals surface area contributed by atoms with Crippen LogP contribution in [0, 0.1) is 10.1 Å². The van der Waals surface area contributed by atoms with E-state index >= 15 is 0 Å². The third-order valence-corrected chi connectivity index (χ3v) is 2.92. The predicted molar refractivity (Wildman–Crippen MR) is 76.2 cm³/mol. The third-order valence-electron chi connectivity index (χ3n) is 2.58. The minimum Gasteiger partial charge on any atom is -0.487 e. The molecular weight excluding hydrogens is 282 g/mol. The third kappa shape index (κ3) is 3.36. The SMILES string of the molecule is CNc1ccc(Cl)c(COc2cccc([N+](=O)[O-])c2)n1. The number of hydrogen-bond donors (Lipinski definition) is 1. The van der Waals surface area contributed by atoms with E-state index in [9.17, 15) is 10.1 Å². The molecule has 1 N–H and O–H groups in total. The number of ether oxygens (including phenoxy) is 1. The lowest BCUT2D eigenvalue weighted by molar-refractivity contribution is -0.384. The maximum absolute atomic E-state index is 10.7. The number of halogens is 1. The van der Waals surface area contributed by atoms with Gasteiger partial charge in [-0.05, 0) is 18.2 Å². The van der Waals surface area contributed by atoms with Crippen LogP contribution < -0.4 is 10.1 Å². The van der Waals surface area contributed by atoms with Crippen molar-refractivity contribution in [3.63, 3.8) is 0 Å². The monoisotopic (exact) mass is 293 g/mol. The first-order valence-electron chi connectivity index (χ1n) is 5.80. The highest BCUT2D eigenvalue weighted by atomic mass is 35.5. The molecule has 1 aromatic heterocycles. The van der Waals surface area contributed by atoms with E-state index in [4.69, 9.17) is 16.3 Å². The number of hydrogen-bond acceptors (Lipinski definition) is 5. The molecule has 7 heteroatoms. The Balaban J connectivity index is 2.12. The zero-order valence-electron chi connectivity index (χ0n) is 10.7. The Hall–Kier alpha value is -2.34. The fourth-order valence-corrected chi connectivity index (χ4v) is 1.72. The van der Waals surface area contributed by atoms with E-state index < -0.39 is 4.92 Å². The van der Waals surface area contributed by atoms with E-state index in [1.807, 2.05) is 0 Å². The zero-order valence-corrected chi connectivity index (χ0v) is 11.4. The molecule has 0 fully saturated rings. The summed E-state index contributed by atoms with van der Waals surface area (Å²) in [5.74, 6) is 1.07. The number of rotatable bonds is 5. The molecule has 1 aromatic carbocycles. The molecule has 0 saturated carbocycles. The van der Waals surface area contributed by atoms with Crippen molar-refractivity contribution < 1.29 is 9.66 Å². The predicted octanol–water partition coefficient (Wildman–Crippen LogP) is 3.26. The first kappa shape index (κ1) is 14.1. The molecule has 0 bridgehead atoms. The highest BCUT2D eigenvalue weighted by Gasteiger charge is 2.08. The molecule has 0 aliphatic rings. The van der Waals surface area contributed by atoms with Gasteiger partial charge in [0.05, 0.1) is 21.7 Å². The zero-order chi connectivity index (χ0) is 14.5. The van der Waals surface area contributed by atoms with E-state index in [1.54, 1.807) is 31.3 Å². The Morgan fingerprint density at radius 1 is 1.40 bits per heavy atom. The molecule has 20 heavy (non-hydrogen) atoms. The van der Waals surface area contributed by atoms with Gasteiger partial charge in [-0.15, -0.1) is 0 Å². The van der Waals surface area contributed by atoms with Gasteiger partial charge in [-0.3, -0.25) is 10.1 Å². The number of nitrogens with zero attached hydrogens (tertiary/aromatic N) is 2. The van der Waals surface area contributed by atoms with Crippen LogP contribution in [0.2, 0.25) is 5.02 Å². The second-order valence-corrected chi connectivity index (χ2v) is 4.33. The standard InChI is InChI=1S/C13H12ClN3O3/c1-15-13-6-5-11(14)12(16-13)8-20-10-4-2-3-9(7-10)17(18)19/h2-7H,8H2,1H3,(H,15,16). The summed E-state index contributed by atoms with van der Waals surface area (Å²) in [5, 5.41) is 14.1. The molecule has 2 aromatic rings. The number of pyridine rings is 1. The number of nitrogens with one attached hydrogen (secondary N) is 1. The van der Waals surface area contributed by atoms with Gasteiger partial charge in [0.2, 0.25) is 0 Å². The lowest BCUT2D eigenvalue weighted by atomic mass is 10.3. The second-order valence-electron chi connectivity index (χ2n) is 3.92. The number of nitro benzene ring substituents is 1. The van der Waals surface area contributed by atoms with Crippen molar-refractivity contribution >= 4 is 23.1 Å². The van der Waals surface area contributed by atoms with Crippen LogP contribution in [0.1, 0.15) is 5.69 Å². The summed E-state index contributed by atoms with van der Waals surface area (Å²) in [6.45, 7) is 0.134. The fraction of sp³-hybridized carbons (Fsp3) is 0.154. The lowest BCUT2D eigenvalue weighted by Gasteiger charge is -2.08. The van der Waals surface area contributed by atoms with Crippen molar-refractivity contribution in [2.24, 2.45) is 0 Å². The van der Waals surface area contributed by atoms with Gasteiger partial charge < -0.3 is 10.1 Å². The van der Waals surface area contributed by atoms with Crippen LogP contribution in [-0.4, -0.2) is 17.0 Å². The van der Waals surface area contributed by atoms with Crippen molar-refractivity contribution in [1.29, 1.82) is 0 Å². The van der Waals surface area contributed by atoms with Gasteiger partial charge in [-0.25, -0.2) is 4.98 Å². The Kier molecular flexibility index (Phi) is 4.37. The highest BCUT2D eigenvalue weighted by Crippen LogP contribution is 2.22. The van der Waals surface area contributed by atoms with Crippen molar-refractivity contribution in [3.8, 4) is 5.75 Å². The summed E-state index contributed by atoms with van der Waals surface area (Å²) in [6, 6.07) is 9.43. The van der Waals surface area contributed by atoms with Crippen LogP contribution >= 0.6 is 11.6 Å². The number of anilines is 1. The molecule has 2 rings (SSSR count). The smallest absolute Gasteiger partial charge is 0.273 e. The Bertz CT molecular complexity index is 634. The summed E-state index contributed by atoms with van der Waals surface area (Å²) < 4.78 is 5.48. The molecule has 0 aliphatic heterocycles. The van der Waals surface area contributed by atoms with Crippen LogP contribution in [0.25, 0.3) is 0 Å². The molecule has 0 atom stereocenters. The van der Waals surface area contributed by atoms with Crippen molar-refractivity contribution in [2.45, 2.75) is 6.61 Å². The maximum Gasteiger partial charge on any atom is 0.273 e. The van der Waals surface area contributed by atoms with Crippen LogP contribution in [0.3, 0.4) is 0 Å². The van der Waals surface area contributed by atoms with Crippen molar-refractivity contribution in [2.75, 3.05) is 12.4 Å². The van der Waals surface area contributed by atoms with Gasteiger partial charge in [0.15, 0.2) is 0 Å². The maximum atomic E-state index is 10.7. The van der Waals surface area contributed by atoms with E-state index in [2.05, 4.69) is 10.3 Å². The highest BCUT2D eigenvalue weighted by molar-refractivity contribution is 6.31.